The van der Waals surface area contributed by atoms with Gasteiger partial charge in [-0.2, -0.15) is 13.2 Å². The SMILES string of the molecule is CC(Sc1ncc(C(F)(F)F)cc1Cl)C(=O)Nc1nc(-c2ccc(Cl)c(Cl)c2)cs1. The van der Waals surface area contributed by atoms with E-state index >= 15 is 0 Å². The van der Waals surface area contributed by atoms with E-state index in [0.717, 1.165) is 23.4 Å². The van der Waals surface area contributed by atoms with Crippen LogP contribution in [0, 0.1) is 0 Å². The van der Waals surface area contributed by atoms with Crippen molar-refractivity contribution in [1.82, 2.24) is 9.97 Å². The van der Waals surface area contributed by atoms with Gasteiger partial charge in [-0.1, -0.05) is 52.6 Å². The monoisotopic (exact) mass is 511 g/mol. The summed E-state index contributed by atoms with van der Waals surface area (Å²) in [6.45, 7) is 1.59. The lowest BCUT2D eigenvalue weighted by atomic mass is 10.2. The van der Waals surface area contributed by atoms with Crippen molar-refractivity contribution >= 4 is 68.9 Å². The molecule has 1 aromatic carbocycles. The molecule has 0 aliphatic rings. The van der Waals surface area contributed by atoms with Gasteiger partial charge in [0.15, 0.2) is 5.13 Å². The van der Waals surface area contributed by atoms with E-state index in [1.807, 2.05) is 0 Å². The van der Waals surface area contributed by atoms with Crippen LogP contribution in [0.25, 0.3) is 11.3 Å². The topological polar surface area (TPSA) is 54.9 Å². The van der Waals surface area contributed by atoms with Crippen LogP contribution in [0.5, 0.6) is 0 Å². The number of carbonyl (C=O) groups is 1. The number of thiazole rings is 1. The molecule has 1 atom stereocenters. The minimum absolute atomic E-state index is 0.128. The molecule has 0 fully saturated rings. The third-order valence-corrected chi connectivity index (χ3v) is 6.76. The molecule has 0 aliphatic carbocycles. The third-order valence-electron chi connectivity index (χ3n) is 3.74. The molecule has 1 amide bonds. The lowest BCUT2D eigenvalue weighted by Crippen LogP contribution is -2.22. The summed E-state index contributed by atoms with van der Waals surface area (Å²) in [7, 11) is 0. The van der Waals surface area contributed by atoms with Gasteiger partial charge in [0.05, 0.1) is 31.6 Å². The number of thioether (sulfide) groups is 1. The molecule has 12 heteroatoms. The molecule has 0 saturated carbocycles. The van der Waals surface area contributed by atoms with E-state index in [1.165, 1.54) is 11.3 Å². The molecule has 0 spiro atoms. The summed E-state index contributed by atoms with van der Waals surface area (Å²) >= 11 is 20.0. The Morgan fingerprint density at radius 3 is 2.53 bits per heavy atom. The van der Waals surface area contributed by atoms with Gasteiger partial charge in [0.1, 0.15) is 5.03 Å². The van der Waals surface area contributed by atoms with E-state index in [0.29, 0.717) is 27.1 Å². The normalized spacial score (nSPS) is 12.6. The molecule has 1 N–H and O–H groups in total. The quantitative estimate of drug-likeness (QED) is 0.364. The van der Waals surface area contributed by atoms with Crippen LogP contribution >= 0.6 is 57.9 Å². The summed E-state index contributed by atoms with van der Waals surface area (Å²) < 4.78 is 38.1. The first-order valence-corrected chi connectivity index (χ1v) is 11.0. The Bertz CT molecular complexity index is 1090. The van der Waals surface area contributed by atoms with Crippen LogP contribution in [0.2, 0.25) is 15.1 Å². The zero-order chi connectivity index (χ0) is 22.1. The highest BCUT2D eigenvalue weighted by Crippen LogP contribution is 2.35. The molecule has 0 saturated heterocycles. The number of nitrogens with zero attached hydrogens (tertiary/aromatic N) is 2. The van der Waals surface area contributed by atoms with Crippen LogP contribution < -0.4 is 5.32 Å². The number of pyridine rings is 1. The predicted octanol–water partition coefficient (Wildman–Crippen LogP) is 7.30. The van der Waals surface area contributed by atoms with Crippen LogP contribution in [0.3, 0.4) is 0 Å². The molecule has 1 unspecified atom stereocenters. The van der Waals surface area contributed by atoms with Gasteiger partial charge in [-0.15, -0.1) is 11.3 Å². The van der Waals surface area contributed by atoms with Crippen molar-refractivity contribution in [3.8, 4) is 11.3 Å². The number of anilines is 1. The number of alkyl halides is 3. The number of halogens is 6. The van der Waals surface area contributed by atoms with Crippen LogP contribution in [-0.4, -0.2) is 21.1 Å². The van der Waals surface area contributed by atoms with Crippen molar-refractivity contribution in [3.05, 3.63) is 56.5 Å². The number of nitrogens with one attached hydrogen (secondary N) is 1. The zero-order valence-electron chi connectivity index (χ0n) is 14.9. The van der Waals surface area contributed by atoms with Gasteiger partial charge in [0.2, 0.25) is 5.91 Å². The molecule has 0 radical (unpaired) electrons. The minimum Gasteiger partial charge on any atom is -0.301 e. The second-order valence-corrected chi connectivity index (χ2v) is 9.33. The fourth-order valence-electron chi connectivity index (χ4n) is 2.21. The Hall–Kier alpha value is -1.52. The Morgan fingerprint density at radius 1 is 1.17 bits per heavy atom. The number of benzene rings is 1. The molecule has 3 rings (SSSR count). The maximum Gasteiger partial charge on any atom is 0.417 e. The van der Waals surface area contributed by atoms with Crippen molar-refractivity contribution in [3.63, 3.8) is 0 Å². The maximum atomic E-state index is 12.7. The summed E-state index contributed by atoms with van der Waals surface area (Å²) in [6, 6.07) is 5.86. The molecular formula is C18H11Cl3F3N3OS2. The average Bonchev–Trinajstić information content (AvgIpc) is 3.13. The first kappa shape index (κ1) is 23.1. The number of hydrogen-bond acceptors (Lipinski definition) is 5. The minimum atomic E-state index is -4.54. The van der Waals surface area contributed by atoms with Gasteiger partial charge in [-0.3, -0.25) is 4.79 Å². The standard InChI is InChI=1S/C18H11Cl3F3N3OS2/c1-8(30-16-13(21)5-10(6-25-16)18(22,23)24)15(28)27-17-26-14(7-29-17)9-2-3-11(19)12(20)4-9/h2-8H,1H3,(H,26,27,28). The van der Waals surface area contributed by atoms with Crippen LogP contribution in [0.4, 0.5) is 18.3 Å². The van der Waals surface area contributed by atoms with E-state index in [2.05, 4.69) is 15.3 Å². The lowest BCUT2D eigenvalue weighted by molar-refractivity contribution is -0.137. The van der Waals surface area contributed by atoms with Crippen molar-refractivity contribution in [2.75, 3.05) is 5.32 Å². The number of rotatable bonds is 5. The molecule has 3 aromatic rings. The largest absolute Gasteiger partial charge is 0.417 e. The molecule has 0 bridgehead atoms. The number of amides is 1. The molecule has 2 aromatic heterocycles. The number of aromatic nitrogens is 2. The lowest BCUT2D eigenvalue weighted by Gasteiger charge is -2.12. The van der Waals surface area contributed by atoms with E-state index in [9.17, 15) is 18.0 Å². The first-order valence-electron chi connectivity index (χ1n) is 8.16. The Balaban J connectivity index is 1.66. The fraction of sp³-hybridized carbons (Fsp3) is 0.167. The van der Waals surface area contributed by atoms with Crippen molar-refractivity contribution in [1.29, 1.82) is 0 Å². The van der Waals surface area contributed by atoms with Crippen molar-refractivity contribution < 1.29 is 18.0 Å². The summed E-state index contributed by atoms with van der Waals surface area (Å²) in [4.78, 5) is 20.5. The average molecular weight is 513 g/mol. The van der Waals surface area contributed by atoms with Crippen molar-refractivity contribution in [2.45, 2.75) is 23.4 Å². The van der Waals surface area contributed by atoms with Crippen LogP contribution in [-0.2, 0) is 11.0 Å². The smallest absolute Gasteiger partial charge is 0.301 e. The molecule has 2 heterocycles. The Labute approximate surface area is 192 Å². The fourth-order valence-corrected chi connectivity index (χ4v) is 4.32. The maximum absolute atomic E-state index is 12.7. The van der Waals surface area contributed by atoms with Gasteiger partial charge < -0.3 is 5.32 Å². The van der Waals surface area contributed by atoms with Crippen LogP contribution in [0.15, 0.2) is 40.9 Å². The molecule has 0 aliphatic heterocycles. The summed E-state index contributed by atoms with van der Waals surface area (Å²) in [5.74, 6) is -0.396. The third kappa shape index (κ3) is 5.59. The number of hydrogen-bond donors (Lipinski definition) is 1. The van der Waals surface area contributed by atoms with E-state index < -0.39 is 22.9 Å². The summed E-state index contributed by atoms with van der Waals surface area (Å²) in [5, 5.41) is 4.87. The van der Waals surface area contributed by atoms with E-state index in [1.54, 1.807) is 30.5 Å². The first-order chi connectivity index (χ1) is 14.0. The van der Waals surface area contributed by atoms with Gasteiger partial charge in [0, 0.05) is 17.1 Å². The van der Waals surface area contributed by atoms with Gasteiger partial charge in [-0.05, 0) is 25.1 Å². The molecular weight excluding hydrogens is 502 g/mol. The Morgan fingerprint density at radius 2 is 1.90 bits per heavy atom. The highest BCUT2D eigenvalue weighted by atomic mass is 35.5. The Kier molecular flexibility index (Phi) is 7.19. The molecule has 30 heavy (non-hydrogen) atoms. The van der Waals surface area contributed by atoms with E-state index in [-0.39, 0.29) is 10.0 Å². The van der Waals surface area contributed by atoms with Crippen molar-refractivity contribution in [2.24, 2.45) is 0 Å². The van der Waals surface area contributed by atoms with Gasteiger partial charge in [0.25, 0.3) is 0 Å². The van der Waals surface area contributed by atoms with Gasteiger partial charge >= 0.3 is 6.18 Å². The molecule has 4 nitrogen and oxygen atoms in total. The number of carbonyl (C=O) groups excluding carboxylic acids is 1. The second kappa shape index (κ2) is 9.32. The highest BCUT2D eigenvalue weighted by molar-refractivity contribution is 8.00. The van der Waals surface area contributed by atoms with Crippen LogP contribution in [0.1, 0.15) is 12.5 Å². The van der Waals surface area contributed by atoms with E-state index in [4.69, 9.17) is 34.8 Å². The summed E-state index contributed by atoms with van der Waals surface area (Å²) in [6.07, 6.45) is -3.86. The zero-order valence-corrected chi connectivity index (χ0v) is 18.8. The predicted molar refractivity (Wildman–Crippen MR) is 116 cm³/mol. The summed E-state index contributed by atoms with van der Waals surface area (Å²) in [5.41, 5.74) is 0.400. The second-order valence-electron chi connectivity index (χ2n) is 5.92. The highest BCUT2D eigenvalue weighted by Gasteiger charge is 2.32. The molecule has 158 valence electrons. The van der Waals surface area contributed by atoms with Gasteiger partial charge in [-0.25, -0.2) is 9.97 Å².